The zero-order valence-corrected chi connectivity index (χ0v) is 39.6. The van der Waals surface area contributed by atoms with Crippen molar-refractivity contribution in [3.8, 4) is 0 Å². The van der Waals surface area contributed by atoms with Crippen molar-refractivity contribution in [1.29, 1.82) is 0 Å². The highest BCUT2D eigenvalue weighted by Gasteiger charge is 2.44. The number of amides is 1. The summed E-state index contributed by atoms with van der Waals surface area (Å²) in [6.07, 6.45) is 49.8. The van der Waals surface area contributed by atoms with E-state index in [1.807, 2.05) is 6.08 Å². The van der Waals surface area contributed by atoms with Crippen LogP contribution < -0.4 is 5.32 Å². The van der Waals surface area contributed by atoms with E-state index in [1.165, 1.54) is 116 Å². The standard InChI is InChI=1S/C53H95NO8/c1-3-5-7-9-11-13-15-17-19-21-22-23-24-25-27-28-30-32-34-36-38-40-42-47(56)46(45-61-53-52(60)51(59)50(58)48(44-55)62-53)54-49(57)43-41-39-37-35-33-31-29-26-20-18-16-14-12-10-8-6-4-2/h6,8,12,14,18,20,29,31,40,42,46-48,50-53,55-56,58-60H,3-5,7,9-11,13,15-17,19,21-28,30,32-39,41,43-45H2,1-2H3,(H,54,57)/b8-6-,14-12-,20-18-,31-29-,42-40+. The quantitative estimate of drug-likeness (QED) is 0.0262. The Morgan fingerprint density at radius 2 is 1.00 bits per heavy atom. The molecule has 1 amide bonds. The van der Waals surface area contributed by atoms with Gasteiger partial charge in [-0.1, -0.05) is 209 Å². The van der Waals surface area contributed by atoms with E-state index in [9.17, 15) is 30.3 Å². The molecule has 1 saturated heterocycles. The number of allylic oxidation sites excluding steroid dienone is 9. The molecule has 9 heteroatoms. The van der Waals surface area contributed by atoms with Gasteiger partial charge in [-0.3, -0.25) is 4.79 Å². The molecule has 1 fully saturated rings. The molecule has 0 aliphatic carbocycles. The molecular weight excluding hydrogens is 779 g/mol. The molecule has 62 heavy (non-hydrogen) atoms. The fraction of sp³-hybridized carbons (Fsp3) is 0.792. The van der Waals surface area contributed by atoms with E-state index in [-0.39, 0.29) is 12.5 Å². The molecule has 1 aliphatic rings. The molecule has 1 aliphatic heterocycles. The van der Waals surface area contributed by atoms with Gasteiger partial charge in [-0.05, 0) is 57.8 Å². The van der Waals surface area contributed by atoms with Crippen molar-refractivity contribution in [2.45, 2.75) is 256 Å². The predicted octanol–water partition coefficient (Wildman–Crippen LogP) is 11.6. The maximum Gasteiger partial charge on any atom is 0.220 e. The Bertz CT molecular complexity index is 1150. The summed E-state index contributed by atoms with van der Waals surface area (Å²) in [6, 6.07) is -0.820. The Kier molecular flexibility index (Phi) is 40.0. The minimum atomic E-state index is -1.57. The van der Waals surface area contributed by atoms with Crippen LogP contribution in [0.1, 0.15) is 213 Å². The summed E-state index contributed by atoms with van der Waals surface area (Å²) in [5.74, 6) is -0.201. The summed E-state index contributed by atoms with van der Waals surface area (Å²) in [7, 11) is 0. The lowest BCUT2D eigenvalue weighted by Gasteiger charge is -2.40. The number of aliphatic hydroxyl groups excluding tert-OH is 5. The number of hydrogen-bond acceptors (Lipinski definition) is 8. The van der Waals surface area contributed by atoms with Crippen LogP contribution >= 0.6 is 0 Å². The molecule has 0 spiro atoms. The van der Waals surface area contributed by atoms with E-state index >= 15 is 0 Å². The fourth-order valence-electron chi connectivity index (χ4n) is 7.79. The zero-order valence-electron chi connectivity index (χ0n) is 39.6. The Labute approximate surface area is 379 Å². The normalized spacial score (nSPS) is 20.8. The predicted molar refractivity (Wildman–Crippen MR) is 258 cm³/mol. The van der Waals surface area contributed by atoms with Gasteiger partial charge >= 0.3 is 0 Å². The molecule has 0 aromatic carbocycles. The number of aliphatic hydroxyl groups is 5. The van der Waals surface area contributed by atoms with E-state index in [2.05, 4.69) is 67.8 Å². The lowest BCUT2D eigenvalue weighted by atomic mass is 9.99. The second kappa shape index (κ2) is 42.8. The smallest absolute Gasteiger partial charge is 0.220 e. The highest BCUT2D eigenvalue weighted by atomic mass is 16.7. The molecule has 7 atom stereocenters. The van der Waals surface area contributed by atoms with E-state index in [0.717, 1.165) is 77.0 Å². The van der Waals surface area contributed by atoms with Crippen molar-refractivity contribution in [2.24, 2.45) is 0 Å². The maximum atomic E-state index is 13.0. The van der Waals surface area contributed by atoms with E-state index in [4.69, 9.17) is 9.47 Å². The van der Waals surface area contributed by atoms with Crippen molar-refractivity contribution in [3.05, 3.63) is 60.8 Å². The van der Waals surface area contributed by atoms with Crippen molar-refractivity contribution >= 4 is 5.91 Å². The molecule has 0 aromatic heterocycles. The van der Waals surface area contributed by atoms with Crippen LogP contribution in [0.4, 0.5) is 0 Å². The Morgan fingerprint density at radius 1 is 0.565 bits per heavy atom. The van der Waals surface area contributed by atoms with Crippen molar-refractivity contribution in [3.63, 3.8) is 0 Å². The molecule has 1 rings (SSSR count). The fourth-order valence-corrected chi connectivity index (χ4v) is 7.79. The third kappa shape index (κ3) is 32.5. The molecule has 360 valence electrons. The largest absolute Gasteiger partial charge is 0.394 e. The Morgan fingerprint density at radius 3 is 1.48 bits per heavy atom. The topological polar surface area (TPSA) is 149 Å². The van der Waals surface area contributed by atoms with Crippen LogP contribution in [0, 0.1) is 0 Å². The zero-order chi connectivity index (χ0) is 45.1. The van der Waals surface area contributed by atoms with Gasteiger partial charge in [0, 0.05) is 6.42 Å². The molecule has 0 aromatic rings. The van der Waals surface area contributed by atoms with Gasteiger partial charge in [-0.25, -0.2) is 0 Å². The summed E-state index contributed by atoms with van der Waals surface area (Å²) in [6.45, 7) is 3.65. The van der Waals surface area contributed by atoms with Gasteiger partial charge in [-0.15, -0.1) is 0 Å². The number of carbonyl (C=O) groups excluding carboxylic acids is 1. The van der Waals surface area contributed by atoms with Crippen molar-refractivity contribution in [1.82, 2.24) is 5.32 Å². The second-order valence-electron chi connectivity index (χ2n) is 17.6. The molecule has 0 saturated carbocycles. The number of hydrogen-bond donors (Lipinski definition) is 6. The van der Waals surface area contributed by atoms with Crippen LogP contribution in [0.15, 0.2) is 60.8 Å². The van der Waals surface area contributed by atoms with Gasteiger partial charge in [0.2, 0.25) is 5.91 Å². The summed E-state index contributed by atoms with van der Waals surface area (Å²) < 4.78 is 11.2. The summed E-state index contributed by atoms with van der Waals surface area (Å²) >= 11 is 0. The second-order valence-corrected chi connectivity index (χ2v) is 17.6. The molecule has 9 nitrogen and oxygen atoms in total. The third-order valence-corrected chi connectivity index (χ3v) is 11.8. The number of ether oxygens (including phenoxy) is 2. The average Bonchev–Trinajstić information content (AvgIpc) is 3.27. The summed E-state index contributed by atoms with van der Waals surface area (Å²) in [5.41, 5.74) is 0. The van der Waals surface area contributed by atoms with E-state index in [1.54, 1.807) is 6.08 Å². The Balaban J connectivity index is 2.32. The van der Waals surface area contributed by atoms with Crippen LogP contribution in [0.2, 0.25) is 0 Å². The first-order valence-electron chi connectivity index (χ1n) is 25.5. The lowest BCUT2D eigenvalue weighted by Crippen LogP contribution is -2.60. The SMILES string of the molecule is CC/C=C\C/C=C\C/C=C\C/C=C\CCCCCCC(=O)NC(COC1OC(CO)C(O)C(O)C1O)C(O)/C=C/CCCCCCCCCCCCCCCCCCCCCC. The summed E-state index contributed by atoms with van der Waals surface area (Å²) in [5, 5.41) is 54.3. The lowest BCUT2D eigenvalue weighted by molar-refractivity contribution is -0.302. The summed E-state index contributed by atoms with van der Waals surface area (Å²) in [4.78, 5) is 13.0. The molecule has 6 N–H and O–H groups in total. The number of nitrogens with one attached hydrogen (secondary N) is 1. The molecule has 1 heterocycles. The van der Waals surface area contributed by atoms with Gasteiger partial charge in [0.1, 0.15) is 24.4 Å². The minimum absolute atomic E-state index is 0.200. The number of unbranched alkanes of at least 4 members (excludes halogenated alkanes) is 24. The highest BCUT2D eigenvalue weighted by molar-refractivity contribution is 5.76. The van der Waals surface area contributed by atoms with Gasteiger partial charge in [-0.2, -0.15) is 0 Å². The van der Waals surface area contributed by atoms with Crippen LogP contribution in [0.5, 0.6) is 0 Å². The molecule has 7 unspecified atom stereocenters. The van der Waals surface area contributed by atoms with Crippen LogP contribution in [0.25, 0.3) is 0 Å². The third-order valence-electron chi connectivity index (χ3n) is 11.8. The van der Waals surface area contributed by atoms with Gasteiger partial charge in [0.15, 0.2) is 6.29 Å². The number of rotatable bonds is 42. The van der Waals surface area contributed by atoms with E-state index in [0.29, 0.717) is 6.42 Å². The first-order chi connectivity index (χ1) is 30.3. The van der Waals surface area contributed by atoms with Gasteiger partial charge in [0.25, 0.3) is 0 Å². The highest BCUT2D eigenvalue weighted by Crippen LogP contribution is 2.23. The Hall–Kier alpha value is -2.11. The van der Waals surface area contributed by atoms with Crippen LogP contribution in [-0.4, -0.2) is 87.5 Å². The van der Waals surface area contributed by atoms with Crippen LogP contribution in [0.3, 0.4) is 0 Å². The van der Waals surface area contributed by atoms with Gasteiger partial charge in [0.05, 0.1) is 25.4 Å². The van der Waals surface area contributed by atoms with Crippen molar-refractivity contribution in [2.75, 3.05) is 13.2 Å². The first-order valence-corrected chi connectivity index (χ1v) is 25.5. The van der Waals surface area contributed by atoms with Crippen molar-refractivity contribution < 1.29 is 39.8 Å². The average molecular weight is 874 g/mol. The molecule has 0 bridgehead atoms. The van der Waals surface area contributed by atoms with E-state index < -0.39 is 49.5 Å². The number of carbonyl (C=O) groups is 1. The molecule has 0 radical (unpaired) electrons. The monoisotopic (exact) mass is 874 g/mol. The molecular formula is C53H95NO8. The minimum Gasteiger partial charge on any atom is -0.394 e. The van der Waals surface area contributed by atoms with Crippen LogP contribution in [-0.2, 0) is 14.3 Å². The first kappa shape index (κ1) is 57.9. The van der Waals surface area contributed by atoms with Gasteiger partial charge < -0.3 is 40.3 Å². The maximum absolute atomic E-state index is 13.0.